The fraction of sp³-hybridized carbons (Fsp3) is 0.400. The van der Waals surface area contributed by atoms with E-state index in [1.807, 2.05) is 0 Å². The first-order chi connectivity index (χ1) is 8.97. The van der Waals surface area contributed by atoms with Gasteiger partial charge in [0.15, 0.2) is 0 Å². The van der Waals surface area contributed by atoms with E-state index in [0.717, 1.165) is 24.3 Å². The fourth-order valence-corrected chi connectivity index (χ4v) is 2.06. The van der Waals surface area contributed by atoms with Crippen LogP contribution >= 0.6 is 0 Å². The van der Waals surface area contributed by atoms with E-state index in [0.29, 0.717) is 0 Å². The molecule has 1 aromatic rings. The van der Waals surface area contributed by atoms with Crippen LogP contribution in [-0.4, -0.2) is 39.8 Å². The lowest BCUT2D eigenvalue weighted by molar-refractivity contribution is -0.384. The first-order valence-corrected chi connectivity index (χ1v) is 6.68. The van der Waals surface area contributed by atoms with Crippen LogP contribution in [-0.2, 0) is 24.1 Å². The second-order valence-electron chi connectivity index (χ2n) is 3.34. The molecule has 1 radical (unpaired) electrons. The molecule has 105 valence electrons. The van der Waals surface area contributed by atoms with E-state index < -0.39 is 21.6 Å². The maximum Gasteiger partial charge on any atom is 0.297 e. The number of hydrogen-bond acceptors (Lipinski definition) is 6. The van der Waals surface area contributed by atoms with Gasteiger partial charge in [0, 0.05) is 12.1 Å². The van der Waals surface area contributed by atoms with Crippen LogP contribution < -0.4 is 0 Å². The van der Waals surface area contributed by atoms with Gasteiger partial charge in [0.05, 0.1) is 29.6 Å². The highest BCUT2D eigenvalue weighted by atomic mass is 32.2. The molecule has 0 N–H and O–H groups in total. The summed E-state index contributed by atoms with van der Waals surface area (Å²) in [6.07, 6.45) is 0. The van der Waals surface area contributed by atoms with Crippen molar-refractivity contribution >= 4 is 15.8 Å². The van der Waals surface area contributed by atoms with Gasteiger partial charge in [-0.05, 0) is 12.1 Å². The van der Waals surface area contributed by atoms with Crippen LogP contribution in [0.4, 0.5) is 5.69 Å². The van der Waals surface area contributed by atoms with Crippen molar-refractivity contribution in [3.8, 4) is 0 Å². The smallest absolute Gasteiger partial charge is 0.297 e. The number of nitro benzene ring substituents is 1. The van der Waals surface area contributed by atoms with Crippen LogP contribution in [0.2, 0.25) is 0 Å². The van der Waals surface area contributed by atoms with Gasteiger partial charge in [0.2, 0.25) is 0 Å². The summed E-state index contributed by atoms with van der Waals surface area (Å²) in [5, 5.41) is 20.5. The number of nitro groups is 1. The summed E-state index contributed by atoms with van der Waals surface area (Å²) in [6, 6.07) is 4.33. The van der Waals surface area contributed by atoms with E-state index in [-0.39, 0.29) is 30.4 Å². The van der Waals surface area contributed by atoms with Gasteiger partial charge in [-0.1, -0.05) is 0 Å². The van der Waals surface area contributed by atoms with Crippen molar-refractivity contribution in [2.24, 2.45) is 0 Å². The van der Waals surface area contributed by atoms with Crippen molar-refractivity contribution in [2.45, 2.75) is 4.90 Å². The highest BCUT2D eigenvalue weighted by Gasteiger charge is 2.16. The van der Waals surface area contributed by atoms with Gasteiger partial charge in [0.25, 0.3) is 15.8 Å². The van der Waals surface area contributed by atoms with Gasteiger partial charge >= 0.3 is 0 Å². The standard InChI is InChI=1S/C10H12NO7S/c12-5-6-17-7-8-18-19(15,16)10-3-1-9(2-4-10)11(13)14/h1-4H,5-8H2. The zero-order valence-electron chi connectivity index (χ0n) is 9.85. The maximum atomic E-state index is 11.6. The number of non-ortho nitro benzene ring substituents is 1. The Kier molecular flexibility index (Phi) is 5.83. The summed E-state index contributed by atoms with van der Waals surface area (Å²) < 4.78 is 32.7. The van der Waals surface area contributed by atoms with Crippen molar-refractivity contribution in [3.63, 3.8) is 0 Å². The van der Waals surface area contributed by atoms with Crippen molar-refractivity contribution in [3.05, 3.63) is 34.4 Å². The zero-order chi connectivity index (χ0) is 14.3. The van der Waals surface area contributed by atoms with Crippen LogP contribution in [0.15, 0.2) is 29.2 Å². The molecular formula is C10H12NO7S. The van der Waals surface area contributed by atoms with E-state index in [1.54, 1.807) is 0 Å². The number of rotatable bonds is 8. The van der Waals surface area contributed by atoms with E-state index in [9.17, 15) is 23.6 Å². The van der Waals surface area contributed by atoms with Crippen molar-refractivity contribution in [2.75, 3.05) is 26.4 Å². The van der Waals surface area contributed by atoms with Crippen LogP contribution in [0.3, 0.4) is 0 Å². The third-order valence-electron chi connectivity index (χ3n) is 2.03. The molecule has 0 amide bonds. The van der Waals surface area contributed by atoms with Gasteiger partial charge in [-0.2, -0.15) is 8.42 Å². The monoisotopic (exact) mass is 290 g/mol. The van der Waals surface area contributed by atoms with Gasteiger partial charge in [-0.25, -0.2) is 5.11 Å². The van der Waals surface area contributed by atoms with Gasteiger partial charge < -0.3 is 4.74 Å². The number of hydrogen-bond donors (Lipinski definition) is 0. The second kappa shape index (κ2) is 7.14. The second-order valence-corrected chi connectivity index (χ2v) is 4.96. The minimum absolute atomic E-state index is 0.0130. The number of benzene rings is 1. The average molecular weight is 290 g/mol. The molecule has 9 heteroatoms. The molecule has 0 unspecified atom stereocenters. The van der Waals surface area contributed by atoms with E-state index in [4.69, 9.17) is 4.74 Å². The molecule has 0 atom stereocenters. The summed E-state index contributed by atoms with van der Waals surface area (Å²) in [4.78, 5) is 9.61. The molecule has 0 spiro atoms. The minimum atomic E-state index is -3.97. The Labute approximate surface area is 109 Å². The SMILES string of the molecule is [O]CCOCCOS(=O)(=O)c1ccc([N+](=O)[O-])cc1. The molecule has 0 bridgehead atoms. The summed E-state index contributed by atoms with van der Waals surface area (Å²) in [5.41, 5.74) is -0.210. The Morgan fingerprint density at radius 3 is 2.26 bits per heavy atom. The molecule has 0 saturated carbocycles. The highest BCUT2D eigenvalue weighted by molar-refractivity contribution is 7.86. The Morgan fingerprint density at radius 2 is 1.74 bits per heavy atom. The summed E-state index contributed by atoms with van der Waals surface area (Å²) >= 11 is 0. The van der Waals surface area contributed by atoms with Crippen molar-refractivity contribution in [1.29, 1.82) is 0 Å². The predicted molar refractivity (Wildman–Crippen MR) is 62.6 cm³/mol. The molecular weight excluding hydrogens is 278 g/mol. The lowest BCUT2D eigenvalue weighted by atomic mass is 10.3. The number of ether oxygens (including phenoxy) is 1. The van der Waals surface area contributed by atoms with Crippen molar-refractivity contribution in [1.82, 2.24) is 0 Å². The molecule has 0 aromatic heterocycles. The summed E-state index contributed by atoms with van der Waals surface area (Å²) in [6.45, 7) is -0.663. The Bertz CT molecular complexity index is 511. The lowest BCUT2D eigenvalue weighted by Crippen LogP contribution is -2.12. The fourth-order valence-electron chi connectivity index (χ4n) is 1.17. The molecule has 19 heavy (non-hydrogen) atoms. The molecule has 1 aromatic carbocycles. The quantitative estimate of drug-likeness (QED) is 0.302. The molecule has 0 fully saturated rings. The highest BCUT2D eigenvalue weighted by Crippen LogP contribution is 2.17. The Hall–Kier alpha value is -1.55. The van der Waals surface area contributed by atoms with Crippen LogP contribution in [0.25, 0.3) is 0 Å². The number of nitrogens with zero attached hydrogens (tertiary/aromatic N) is 1. The first-order valence-electron chi connectivity index (χ1n) is 5.27. The van der Waals surface area contributed by atoms with Gasteiger partial charge in [-0.3, -0.25) is 14.3 Å². The van der Waals surface area contributed by atoms with Crippen LogP contribution in [0.1, 0.15) is 0 Å². The molecule has 0 aliphatic carbocycles. The third-order valence-corrected chi connectivity index (χ3v) is 3.36. The molecule has 0 saturated heterocycles. The van der Waals surface area contributed by atoms with Gasteiger partial charge in [-0.15, -0.1) is 0 Å². The van der Waals surface area contributed by atoms with Crippen LogP contribution in [0, 0.1) is 10.1 Å². The minimum Gasteiger partial charge on any atom is -0.376 e. The molecule has 0 aliphatic rings. The lowest BCUT2D eigenvalue weighted by Gasteiger charge is -2.05. The zero-order valence-corrected chi connectivity index (χ0v) is 10.7. The summed E-state index contributed by atoms with van der Waals surface area (Å²) in [5.74, 6) is 0. The maximum absolute atomic E-state index is 11.6. The molecule has 8 nitrogen and oxygen atoms in total. The third kappa shape index (κ3) is 4.91. The molecule has 0 heterocycles. The van der Waals surface area contributed by atoms with E-state index in [1.165, 1.54) is 0 Å². The predicted octanol–water partition coefficient (Wildman–Crippen LogP) is 0.747. The van der Waals surface area contributed by atoms with Crippen molar-refractivity contribution < 1.29 is 27.4 Å². The first kappa shape index (κ1) is 15.5. The Morgan fingerprint density at radius 1 is 1.11 bits per heavy atom. The van der Waals surface area contributed by atoms with E-state index in [2.05, 4.69) is 4.18 Å². The molecule has 0 aliphatic heterocycles. The van der Waals surface area contributed by atoms with Crippen LogP contribution in [0.5, 0.6) is 0 Å². The largest absolute Gasteiger partial charge is 0.376 e. The summed E-state index contributed by atoms with van der Waals surface area (Å²) in [7, 11) is -3.97. The normalized spacial score (nSPS) is 11.4. The topological polar surface area (TPSA) is 116 Å². The molecule has 1 rings (SSSR count). The Balaban J connectivity index is 2.59. The van der Waals surface area contributed by atoms with E-state index >= 15 is 0 Å². The van der Waals surface area contributed by atoms with Gasteiger partial charge in [0.1, 0.15) is 6.61 Å². The average Bonchev–Trinajstić information content (AvgIpc) is 2.38.